The number of ether oxygens (including phenoxy) is 3. The van der Waals surface area contributed by atoms with Crippen LogP contribution >= 0.6 is 0 Å². The number of rotatable bonds is 11. The molecule has 3 atom stereocenters. The summed E-state index contributed by atoms with van der Waals surface area (Å²) in [5.41, 5.74) is 0. The van der Waals surface area contributed by atoms with Crippen molar-refractivity contribution < 1.29 is 28.6 Å². The number of carbonyl (C=O) groups excluding carboxylic acids is 3. The van der Waals surface area contributed by atoms with Crippen molar-refractivity contribution in [3.8, 4) is 11.8 Å². The van der Waals surface area contributed by atoms with Gasteiger partial charge in [0.2, 0.25) is 0 Å². The number of hydrogen-bond acceptors (Lipinski definition) is 6. The molecule has 1 saturated carbocycles. The van der Waals surface area contributed by atoms with Gasteiger partial charge in [-0.1, -0.05) is 0 Å². The molecule has 0 bridgehead atoms. The maximum Gasteiger partial charge on any atom is 0.407 e. The summed E-state index contributed by atoms with van der Waals surface area (Å²) in [5, 5.41) is 2.68. The van der Waals surface area contributed by atoms with E-state index in [1.165, 1.54) is 12.2 Å². The quantitative estimate of drug-likeness (QED) is 0.315. The second kappa shape index (κ2) is 11.0. The number of imide groups is 1. The van der Waals surface area contributed by atoms with Crippen LogP contribution in [0.4, 0.5) is 4.79 Å². The lowest BCUT2D eigenvalue weighted by Crippen LogP contribution is -2.33. The first kappa shape index (κ1) is 21.3. The summed E-state index contributed by atoms with van der Waals surface area (Å²) in [6.45, 7) is 2.42. The molecule has 1 unspecified atom stereocenters. The Balaban J connectivity index is 1.12. The van der Waals surface area contributed by atoms with E-state index in [0.717, 1.165) is 30.6 Å². The molecule has 3 amide bonds. The standard InChI is InChI=1S/C21H28N2O6/c24-19-7-8-20(25)23(19)10-12-28-14-13-27-11-9-22-21(26)29-15-18-16-5-3-1-2-4-6-17(16)18/h7-8,16-18H,3-6,9-15H2,(H,22,26)/t16-,17+,18?. The molecule has 0 aromatic carbocycles. The maximum absolute atomic E-state index is 11.8. The van der Waals surface area contributed by atoms with Crippen molar-refractivity contribution in [1.82, 2.24) is 10.2 Å². The van der Waals surface area contributed by atoms with E-state index in [9.17, 15) is 14.4 Å². The number of carbonyl (C=O) groups is 3. The predicted octanol–water partition coefficient (Wildman–Crippen LogP) is 1.11. The van der Waals surface area contributed by atoms with E-state index in [0.29, 0.717) is 50.7 Å². The smallest absolute Gasteiger partial charge is 0.407 e. The van der Waals surface area contributed by atoms with Crippen LogP contribution in [0.3, 0.4) is 0 Å². The summed E-state index contributed by atoms with van der Waals surface area (Å²) < 4.78 is 16.0. The first-order valence-corrected chi connectivity index (χ1v) is 10.2. The normalized spacial score (nSPS) is 25.0. The first-order valence-electron chi connectivity index (χ1n) is 10.2. The second-order valence-corrected chi connectivity index (χ2v) is 7.33. The van der Waals surface area contributed by atoms with Gasteiger partial charge in [-0.25, -0.2) is 4.79 Å². The number of nitrogens with one attached hydrogen (secondary N) is 1. The fourth-order valence-corrected chi connectivity index (χ4v) is 3.86. The molecule has 8 heteroatoms. The minimum Gasteiger partial charge on any atom is -0.449 e. The molecule has 29 heavy (non-hydrogen) atoms. The van der Waals surface area contributed by atoms with Gasteiger partial charge in [0.05, 0.1) is 39.6 Å². The number of fused-ring (bicyclic) bond motifs is 1. The van der Waals surface area contributed by atoms with E-state index < -0.39 is 6.09 Å². The van der Waals surface area contributed by atoms with Crippen LogP contribution < -0.4 is 5.32 Å². The lowest BCUT2D eigenvalue weighted by atomic mass is 10.1. The van der Waals surface area contributed by atoms with Gasteiger partial charge in [-0.3, -0.25) is 14.5 Å². The Morgan fingerprint density at radius 2 is 1.62 bits per heavy atom. The molecule has 0 aromatic heterocycles. The van der Waals surface area contributed by atoms with Gasteiger partial charge in [-0.2, -0.15) is 0 Å². The van der Waals surface area contributed by atoms with Crippen molar-refractivity contribution in [3.63, 3.8) is 0 Å². The SMILES string of the molecule is O=C(NCCOCCOCCN1C(=O)C=CC1=O)OCC1[C@H]2CCC#CCC[C@@H]12. The van der Waals surface area contributed by atoms with Crippen molar-refractivity contribution in [2.24, 2.45) is 17.8 Å². The van der Waals surface area contributed by atoms with Gasteiger partial charge in [0.1, 0.15) is 0 Å². The van der Waals surface area contributed by atoms with Gasteiger partial charge in [-0.15, -0.1) is 11.8 Å². The average Bonchev–Trinajstić information content (AvgIpc) is 3.23. The van der Waals surface area contributed by atoms with Crippen molar-refractivity contribution in [2.45, 2.75) is 25.7 Å². The zero-order chi connectivity index (χ0) is 20.5. The highest BCUT2D eigenvalue weighted by molar-refractivity contribution is 6.12. The zero-order valence-corrected chi connectivity index (χ0v) is 16.6. The minimum atomic E-state index is -0.408. The van der Waals surface area contributed by atoms with E-state index in [-0.39, 0.29) is 25.0 Å². The number of amides is 3. The summed E-state index contributed by atoms with van der Waals surface area (Å²) in [7, 11) is 0. The molecule has 1 heterocycles. The van der Waals surface area contributed by atoms with E-state index in [4.69, 9.17) is 14.2 Å². The van der Waals surface area contributed by atoms with Crippen LogP contribution in [0.5, 0.6) is 0 Å². The lowest BCUT2D eigenvalue weighted by molar-refractivity contribution is -0.137. The summed E-state index contributed by atoms with van der Waals surface area (Å²) >= 11 is 0. The van der Waals surface area contributed by atoms with E-state index in [1.807, 2.05) is 0 Å². The zero-order valence-electron chi connectivity index (χ0n) is 16.6. The summed E-state index contributed by atoms with van der Waals surface area (Å²) in [5.74, 6) is 7.55. The number of alkyl carbamates (subject to hydrolysis) is 1. The summed E-state index contributed by atoms with van der Waals surface area (Å²) in [4.78, 5) is 35.6. The average molecular weight is 404 g/mol. The topological polar surface area (TPSA) is 94.2 Å². The molecule has 8 nitrogen and oxygen atoms in total. The second-order valence-electron chi connectivity index (χ2n) is 7.33. The highest BCUT2D eigenvalue weighted by atomic mass is 16.6. The highest BCUT2D eigenvalue weighted by Crippen LogP contribution is 2.52. The van der Waals surface area contributed by atoms with Crippen LogP contribution in [0.1, 0.15) is 25.7 Å². The lowest BCUT2D eigenvalue weighted by Gasteiger charge is -2.13. The minimum absolute atomic E-state index is 0.230. The molecule has 0 aromatic rings. The molecule has 1 N–H and O–H groups in total. The molecule has 3 rings (SSSR count). The first-order chi connectivity index (χ1) is 14.2. The van der Waals surface area contributed by atoms with E-state index in [2.05, 4.69) is 17.2 Å². The van der Waals surface area contributed by atoms with Crippen LogP contribution in [0.25, 0.3) is 0 Å². The molecular formula is C21H28N2O6. The fraction of sp³-hybridized carbons (Fsp3) is 0.667. The molecule has 0 spiro atoms. The van der Waals surface area contributed by atoms with Crippen LogP contribution in [0, 0.1) is 29.6 Å². The third-order valence-corrected chi connectivity index (χ3v) is 5.49. The monoisotopic (exact) mass is 404 g/mol. The predicted molar refractivity (Wildman–Crippen MR) is 104 cm³/mol. The van der Waals surface area contributed by atoms with Crippen molar-refractivity contribution in [1.29, 1.82) is 0 Å². The number of nitrogens with zero attached hydrogens (tertiary/aromatic N) is 1. The Morgan fingerprint density at radius 3 is 2.28 bits per heavy atom. The van der Waals surface area contributed by atoms with Gasteiger partial charge >= 0.3 is 6.09 Å². The van der Waals surface area contributed by atoms with Gasteiger partial charge in [-0.05, 0) is 30.6 Å². The van der Waals surface area contributed by atoms with Gasteiger partial charge in [0.15, 0.2) is 0 Å². The molecule has 3 aliphatic rings. The van der Waals surface area contributed by atoms with Crippen molar-refractivity contribution >= 4 is 17.9 Å². The molecule has 0 saturated heterocycles. The largest absolute Gasteiger partial charge is 0.449 e. The third-order valence-electron chi connectivity index (χ3n) is 5.49. The fourth-order valence-electron chi connectivity index (χ4n) is 3.86. The van der Waals surface area contributed by atoms with Crippen LogP contribution in [0.15, 0.2) is 12.2 Å². The van der Waals surface area contributed by atoms with Crippen molar-refractivity contribution in [2.75, 3.05) is 46.1 Å². The van der Waals surface area contributed by atoms with Gasteiger partial charge in [0.25, 0.3) is 11.8 Å². The molecule has 1 aliphatic heterocycles. The Morgan fingerprint density at radius 1 is 1.00 bits per heavy atom. The molecule has 2 aliphatic carbocycles. The molecular weight excluding hydrogens is 376 g/mol. The Labute approximate surface area is 170 Å². The van der Waals surface area contributed by atoms with Crippen LogP contribution in [0.2, 0.25) is 0 Å². The van der Waals surface area contributed by atoms with Crippen molar-refractivity contribution in [3.05, 3.63) is 12.2 Å². The number of hydrogen-bond donors (Lipinski definition) is 1. The third kappa shape index (κ3) is 6.58. The highest BCUT2D eigenvalue weighted by Gasteiger charge is 2.49. The molecule has 1 fully saturated rings. The van der Waals surface area contributed by atoms with Crippen LogP contribution in [-0.4, -0.2) is 68.9 Å². The maximum atomic E-state index is 11.8. The Bertz CT molecular complexity index is 659. The Hall–Kier alpha value is -2.37. The summed E-state index contributed by atoms with van der Waals surface area (Å²) in [6.07, 6.45) is 6.23. The summed E-state index contributed by atoms with van der Waals surface area (Å²) in [6, 6.07) is 0. The molecule has 158 valence electrons. The van der Waals surface area contributed by atoms with Gasteiger partial charge < -0.3 is 19.5 Å². The molecule has 0 radical (unpaired) electrons. The Kier molecular flexibility index (Phi) is 8.08. The van der Waals surface area contributed by atoms with Gasteiger partial charge in [0, 0.05) is 31.5 Å². The van der Waals surface area contributed by atoms with E-state index >= 15 is 0 Å². The van der Waals surface area contributed by atoms with E-state index in [1.54, 1.807) is 0 Å². The van der Waals surface area contributed by atoms with Crippen LogP contribution in [-0.2, 0) is 23.8 Å².